The SMILES string of the molecule is C/C(=C/[C@@H]1[C@H](/C=C(/C)C(=O)O)[C@](C)(C(=O)O)[C@]1(C)C(=O)O)C(=O)O. The Balaban J connectivity index is 3.60. The van der Waals surface area contributed by atoms with Crippen LogP contribution in [0.2, 0.25) is 0 Å². The summed E-state index contributed by atoms with van der Waals surface area (Å²) in [6, 6.07) is 0. The van der Waals surface area contributed by atoms with Crippen LogP contribution >= 0.6 is 0 Å². The fourth-order valence-corrected chi connectivity index (χ4v) is 3.27. The van der Waals surface area contributed by atoms with Gasteiger partial charge in [0.25, 0.3) is 0 Å². The quantitative estimate of drug-likeness (QED) is 0.531. The number of carboxylic acids is 4. The van der Waals surface area contributed by atoms with Gasteiger partial charge in [-0.2, -0.15) is 0 Å². The molecule has 1 rings (SSSR count). The Morgan fingerprint density at radius 1 is 0.708 bits per heavy atom. The maximum absolute atomic E-state index is 11.8. The molecular formula is C16H20O8. The van der Waals surface area contributed by atoms with E-state index in [0.717, 1.165) is 0 Å². The van der Waals surface area contributed by atoms with Gasteiger partial charge in [0.05, 0.1) is 10.8 Å². The van der Waals surface area contributed by atoms with Gasteiger partial charge in [-0.15, -0.1) is 0 Å². The Bertz CT molecular complexity index is 616. The summed E-state index contributed by atoms with van der Waals surface area (Å²) in [5.41, 5.74) is -3.83. The predicted molar refractivity (Wildman–Crippen MR) is 81.3 cm³/mol. The minimum atomic E-state index is -1.78. The fourth-order valence-electron chi connectivity index (χ4n) is 3.27. The molecule has 0 aromatic carbocycles. The van der Waals surface area contributed by atoms with Gasteiger partial charge in [-0.1, -0.05) is 12.2 Å². The van der Waals surface area contributed by atoms with Crippen LogP contribution in [-0.4, -0.2) is 44.3 Å². The van der Waals surface area contributed by atoms with Crippen molar-refractivity contribution in [2.45, 2.75) is 27.7 Å². The Morgan fingerprint density at radius 3 is 1.12 bits per heavy atom. The summed E-state index contributed by atoms with van der Waals surface area (Å²) < 4.78 is 0. The second kappa shape index (κ2) is 6.10. The minimum Gasteiger partial charge on any atom is -0.481 e. The molecule has 0 radical (unpaired) electrons. The van der Waals surface area contributed by atoms with E-state index in [-0.39, 0.29) is 11.1 Å². The topological polar surface area (TPSA) is 149 Å². The summed E-state index contributed by atoms with van der Waals surface area (Å²) in [5, 5.41) is 37.2. The number of allylic oxidation sites excluding steroid dienone is 2. The monoisotopic (exact) mass is 340 g/mol. The number of aliphatic carboxylic acids is 4. The van der Waals surface area contributed by atoms with Gasteiger partial charge in [0, 0.05) is 23.0 Å². The molecule has 0 spiro atoms. The van der Waals surface area contributed by atoms with Crippen LogP contribution in [0.25, 0.3) is 0 Å². The van der Waals surface area contributed by atoms with Gasteiger partial charge in [0.15, 0.2) is 0 Å². The van der Waals surface area contributed by atoms with E-state index in [0.29, 0.717) is 0 Å². The van der Waals surface area contributed by atoms with Crippen LogP contribution < -0.4 is 0 Å². The molecule has 1 fully saturated rings. The van der Waals surface area contributed by atoms with Gasteiger partial charge in [0.1, 0.15) is 0 Å². The molecule has 4 atom stereocenters. The number of hydrogen-bond donors (Lipinski definition) is 4. The molecule has 0 heterocycles. The molecule has 0 saturated heterocycles. The highest BCUT2D eigenvalue weighted by atomic mass is 16.4. The van der Waals surface area contributed by atoms with Crippen molar-refractivity contribution in [3.8, 4) is 0 Å². The maximum Gasteiger partial charge on any atom is 0.330 e. The van der Waals surface area contributed by atoms with E-state index in [1.54, 1.807) is 0 Å². The van der Waals surface area contributed by atoms with Crippen LogP contribution in [0.5, 0.6) is 0 Å². The lowest BCUT2D eigenvalue weighted by molar-refractivity contribution is -0.209. The molecule has 1 saturated carbocycles. The lowest BCUT2D eigenvalue weighted by Crippen LogP contribution is -2.68. The summed E-state index contributed by atoms with van der Waals surface area (Å²) >= 11 is 0. The van der Waals surface area contributed by atoms with Crippen molar-refractivity contribution in [3.63, 3.8) is 0 Å². The highest BCUT2D eigenvalue weighted by molar-refractivity contribution is 5.92. The van der Waals surface area contributed by atoms with E-state index in [1.807, 2.05) is 0 Å². The molecule has 8 nitrogen and oxygen atoms in total. The van der Waals surface area contributed by atoms with Crippen LogP contribution in [0.15, 0.2) is 23.3 Å². The Labute approximate surface area is 138 Å². The second-order valence-corrected chi connectivity index (χ2v) is 6.38. The van der Waals surface area contributed by atoms with Crippen LogP contribution in [0.1, 0.15) is 27.7 Å². The number of rotatable bonds is 6. The van der Waals surface area contributed by atoms with E-state index in [4.69, 9.17) is 10.2 Å². The van der Waals surface area contributed by atoms with Crippen molar-refractivity contribution in [2.75, 3.05) is 0 Å². The minimum absolute atomic E-state index is 0.133. The first-order valence-electron chi connectivity index (χ1n) is 7.12. The zero-order valence-electron chi connectivity index (χ0n) is 13.7. The average molecular weight is 340 g/mol. The molecule has 24 heavy (non-hydrogen) atoms. The molecule has 0 aromatic heterocycles. The van der Waals surface area contributed by atoms with Crippen molar-refractivity contribution >= 4 is 23.9 Å². The summed E-state index contributed by atoms with van der Waals surface area (Å²) in [7, 11) is 0. The van der Waals surface area contributed by atoms with Gasteiger partial charge in [0.2, 0.25) is 0 Å². The molecule has 0 bridgehead atoms. The van der Waals surface area contributed by atoms with E-state index in [2.05, 4.69) is 0 Å². The summed E-state index contributed by atoms with van der Waals surface area (Å²) in [4.78, 5) is 45.6. The molecular weight excluding hydrogens is 320 g/mol. The van der Waals surface area contributed by atoms with Crippen LogP contribution in [0.4, 0.5) is 0 Å². The molecule has 0 aliphatic heterocycles. The standard InChI is InChI=1S/C16H20O8/c1-7(11(17)18)5-9-10(6-8(2)12(19)20)16(4,14(23)24)15(9,3)13(21)22/h5-6,9-10H,1-4H3,(H,17,18)(H,19,20)(H,21,22)(H,23,24)/b7-5-,8-6-/t9-,10+,15+,16-. The second-order valence-electron chi connectivity index (χ2n) is 6.38. The zero-order valence-corrected chi connectivity index (χ0v) is 13.7. The van der Waals surface area contributed by atoms with Crippen molar-refractivity contribution in [1.82, 2.24) is 0 Å². The Hall–Kier alpha value is -2.64. The van der Waals surface area contributed by atoms with Gasteiger partial charge in [-0.3, -0.25) is 9.59 Å². The summed E-state index contributed by atoms with van der Waals surface area (Å²) in [6.07, 6.45) is 2.38. The Kier molecular flexibility index (Phi) is 4.94. The van der Waals surface area contributed by atoms with Crippen molar-refractivity contribution < 1.29 is 39.6 Å². The first-order valence-corrected chi connectivity index (χ1v) is 7.12. The number of carbonyl (C=O) groups is 4. The first kappa shape index (κ1) is 19.4. The van der Waals surface area contributed by atoms with Crippen molar-refractivity contribution in [2.24, 2.45) is 22.7 Å². The van der Waals surface area contributed by atoms with Gasteiger partial charge in [-0.25, -0.2) is 9.59 Å². The van der Waals surface area contributed by atoms with Crippen LogP contribution in [0, 0.1) is 22.7 Å². The van der Waals surface area contributed by atoms with E-state index in [9.17, 15) is 29.4 Å². The number of carboxylic acid groups (broad SMARTS) is 4. The van der Waals surface area contributed by atoms with Crippen molar-refractivity contribution in [3.05, 3.63) is 23.3 Å². The largest absolute Gasteiger partial charge is 0.481 e. The lowest BCUT2D eigenvalue weighted by atomic mass is 9.38. The molecule has 8 heteroatoms. The molecule has 0 amide bonds. The smallest absolute Gasteiger partial charge is 0.330 e. The molecule has 0 aromatic rings. The zero-order chi connectivity index (χ0) is 19.0. The predicted octanol–water partition coefficient (Wildman–Crippen LogP) is 1.48. The van der Waals surface area contributed by atoms with Gasteiger partial charge < -0.3 is 20.4 Å². The highest BCUT2D eigenvalue weighted by Crippen LogP contribution is 2.66. The first-order chi connectivity index (χ1) is 10.8. The average Bonchev–Trinajstić information content (AvgIpc) is 2.47. The van der Waals surface area contributed by atoms with Crippen LogP contribution in [-0.2, 0) is 19.2 Å². The molecule has 0 unspecified atom stereocenters. The maximum atomic E-state index is 11.8. The normalized spacial score (nSPS) is 33.5. The Morgan fingerprint density at radius 2 is 0.958 bits per heavy atom. The van der Waals surface area contributed by atoms with Gasteiger partial charge >= 0.3 is 23.9 Å². The number of hydrogen-bond acceptors (Lipinski definition) is 4. The van der Waals surface area contributed by atoms with E-state index in [1.165, 1.54) is 39.8 Å². The fraction of sp³-hybridized carbons (Fsp3) is 0.500. The van der Waals surface area contributed by atoms with Crippen molar-refractivity contribution in [1.29, 1.82) is 0 Å². The molecule has 1 aliphatic carbocycles. The van der Waals surface area contributed by atoms with Gasteiger partial charge in [-0.05, 0) is 27.7 Å². The molecule has 132 valence electrons. The molecule has 4 N–H and O–H groups in total. The summed E-state index contributed by atoms with van der Waals surface area (Å²) in [6.45, 7) is 5.01. The highest BCUT2D eigenvalue weighted by Gasteiger charge is 2.73. The van der Waals surface area contributed by atoms with E-state index >= 15 is 0 Å². The third-order valence-corrected chi connectivity index (χ3v) is 5.22. The van der Waals surface area contributed by atoms with Crippen LogP contribution in [0.3, 0.4) is 0 Å². The third kappa shape index (κ3) is 2.57. The van der Waals surface area contributed by atoms with E-state index < -0.39 is 46.5 Å². The third-order valence-electron chi connectivity index (χ3n) is 5.22. The lowest BCUT2D eigenvalue weighted by Gasteiger charge is -2.61. The summed E-state index contributed by atoms with van der Waals surface area (Å²) in [5.74, 6) is -7.23. The molecule has 1 aliphatic rings.